The van der Waals surface area contributed by atoms with E-state index in [9.17, 15) is 0 Å². The van der Waals surface area contributed by atoms with Crippen molar-refractivity contribution in [3.05, 3.63) is 41.0 Å². The second kappa shape index (κ2) is 7.80. The van der Waals surface area contributed by atoms with E-state index in [1.54, 1.807) is 35.5 Å². The van der Waals surface area contributed by atoms with Gasteiger partial charge in [-0.15, -0.1) is 0 Å². The molecule has 0 fully saturated rings. The van der Waals surface area contributed by atoms with Crippen LogP contribution in [-0.2, 0) is 6.42 Å². The minimum absolute atomic E-state index is 0.0627. The lowest BCUT2D eigenvalue weighted by molar-refractivity contribution is 0.314. The number of rotatable bonds is 6. The number of benzene rings is 2. The Balaban J connectivity index is 2.20. The van der Waals surface area contributed by atoms with E-state index in [-0.39, 0.29) is 11.6 Å². The highest BCUT2D eigenvalue weighted by Crippen LogP contribution is 2.45. The molecule has 152 valence electrons. The summed E-state index contributed by atoms with van der Waals surface area (Å²) in [6.45, 7) is 4.38. The molecule has 0 spiro atoms. The minimum Gasteiger partial charge on any atom is -0.493 e. The van der Waals surface area contributed by atoms with Crippen molar-refractivity contribution < 1.29 is 23.7 Å². The van der Waals surface area contributed by atoms with Crippen LogP contribution >= 0.6 is 0 Å². The normalized spacial score (nSPS) is 17.5. The predicted octanol–water partition coefficient (Wildman–Crippen LogP) is 3.74. The van der Waals surface area contributed by atoms with Gasteiger partial charge in [-0.1, -0.05) is 0 Å². The summed E-state index contributed by atoms with van der Waals surface area (Å²) in [6, 6.07) is 8.03. The Kier molecular flexibility index (Phi) is 5.61. The van der Waals surface area contributed by atoms with Gasteiger partial charge >= 0.3 is 0 Å². The largest absolute Gasteiger partial charge is 0.493 e. The Morgan fingerprint density at radius 3 is 1.79 bits per heavy atom. The van der Waals surface area contributed by atoms with Gasteiger partial charge in [0, 0.05) is 5.54 Å². The zero-order chi connectivity index (χ0) is 20.5. The molecule has 6 nitrogen and oxygen atoms in total. The molecule has 1 unspecified atom stereocenters. The monoisotopic (exact) mass is 387 g/mol. The summed E-state index contributed by atoms with van der Waals surface area (Å²) in [6.07, 6.45) is 0.879. The standard InChI is InChI=1S/C22H29NO5/c1-22(2)12-14-10-16(24-3)17(25-4)11-15(14)20(23-22)13-8-18(26-5)21(28-7)19(9-13)27-6/h8-11,20,23H,12H2,1-7H3. The van der Waals surface area contributed by atoms with E-state index in [4.69, 9.17) is 23.7 Å². The van der Waals surface area contributed by atoms with Crippen LogP contribution in [0.3, 0.4) is 0 Å². The van der Waals surface area contributed by atoms with Crippen molar-refractivity contribution in [1.29, 1.82) is 0 Å². The Morgan fingerprint density at radius 1 is 0.750 bits per heavy atom. The molecule has 0 radical (unpaired) electrons. The first-order chi connectivity index (χ1) is 13.4. The van der Waals surface area contributed by atoms with Crippen LogP contribution in [0.2, 0.25) is 0 Å². The Bertz CT molecular complexity index is 837. The van der Waals surface area contributed by atoms with E-state index >= 15 is 0 Å². The minimum atomic E-state index is -0.0995. The molecule has 1 atom stereocenters. The molecule has 1 aliphatic heterocycles. The Hall–Kier alpha value is -2.60. The molecule has 28 heavy (non-hydrogen) atoms. The highest BCUT2D eigenvalue weighted by Gasteiger charge is 2.34. The van der Waals surface area contributed by atoms with Gasteiger partial charge in [0.25, 0.3) is 0 Å². The van der Waals surface area contributed by atoms with Gasteiger partial charge in [0.1, 0.15) is 0 Å². The molecule has 0 bridgehead atoms. The molecular weight excluding hydrogens is 358 g/mol. The fourth-order valence-electron chi connectivity index (χ4n) is 3.89. The van der Waals surface area contributed by atoms with E-state index in [1.807, 2.05) is 18.2 Å². The van der Waals surface area contributed by atoms with Crippen LogP contribution in [0.25, 0.3) is 0 Å². The summed E-state index contributed by atoms with van der Waals surface area (Å²) in [5.74, 6) is 3.28. The predicted molar refractivity (Wildman–Crippen MR) is 108 cm³/mol. The van der Waals surface area contributed by atoms with Gasteiger partial charge in [-0.2, -0.15) is 0 Å². The Morgan fingerprint density at radius 2 is 1.29 bits per heavy atom. The first-order valence-electron chi connectivity index (χ1n) is 9.19. The fourth-order valence-corrected chi connectivity index (χ4v) is 3.89. The van der Waals surface area contributed by atoms with Gasteiger partial charge in [0.05, 0.1) is 41.6 Å². The van der Waals surface area contributed by atoms with E-state index < -0.39 is 0 Å². The summed E-state index contributed by atoms with van der Waals surface area (Å²) in [4.78, 5) is 0. The van der Waals surface area contributed by atoms with Gasteiger partial charge in [-0.25, -0.2) is 0 Å². The maximum absolute atomic E-state index is 5.55. The van der Waals surface area contributed by atoms with Crippen LogP contribution < -0.4 is 29.0 Å². The van der Waals surface area contributed by atoms with Crippen LogP contribution in [0.15, 0.2) is 24.3 Å². The first kappa shape index (κ1) is 20.1. The highest BCUT2D eigenvalue weighted by molar-refractivity contribution is 5.58. The molecule has 0 amide bonds. The molecule has 1 N–H and O–H groups in total. The zero-order valence-electron chi connectivity index (χ0n) is 17.6. The number of ether oxygens (including phenoxy) is 5. The number of hydrogen-bond donors (Lipinski definition) is 1. The summed E-state index contributed by atoms with van der Waals surface area (Å²) in [5, 5.41) is 3.75. The van der Waals surface area contributed by atoms with Crippen molar-refractivity contribution in [2.45, 2.75) is 31.8 Å². The topological polar surface area (TPSA) is 58.2 Å². The van der Waals surface area contributed by atoms with Gasteiger partial charge in [0.2, 0.25) is 5.75 Å². The molecule has 2 aromatic rings. The summed E-state index contributed by atoms with van der Waals surface area (Å²) in [7, 11) is 8.17. The number of fused-ring (bicyclic) bond motifs is 1. The van der Waals surface area contributed by atoms with E-state index in [2.05, 4.69) is 25.2 Å². The van der Waals surface area contributed by atoms with Crippen molar-refractivity contribution in [2.24, 2.45) is 0 Å². The molecule has 2 aromatic carbocycles. The number of hydrogen-bond acceptors (Lipinski definition) is 6. The molecule has 0 saturated heterocycles. The van der Waals surface area contributed by atoms with E-state index in [0.29, 0.717) is 23.0 Å². The van der Waals surface area contributed by atoms with Gasteiger partial charge in [0.15, 0.2) is 23.0 Å². The average Bonchev–Trinajstić information content (AvgIpc) is 2.70. The maximum Gasteiger partial charge on any atom is 0.203 e. The van der Waals surface area contributed by atoms with Crippen LogP contribution in [0.1, 0.15) is 36.6 Å². The highest BCUT2D eigenvalue weighted by atomic mass is 16.5. The third-order valence-electron chi connectivity index (χ3n) is 5.14. The van der Waals surface area contributed by atoms with Crippen LogP contribution in [0.4, 0.5) is 0 Å². The van der Waals surface area contributed by atoms with Crippen molar-refractivity contribution in [2.75, 3.05) is 35.5 Å². The molecule has 1 heterocycles. The molecule has 0 aliphatic carbocycles. The smallest absolute Gasteiger partial charge is 0.203 e. The van der Waals surface area contributed by atoms with Crippen LogP contribution in [0, 0.1) is 0 Å². The van der Waals surface area contributed by atoms with Crippen molar-refractivity contribution in [3.63, 3.8) is 0 Å². The third kappa shape index (κ3) is 3.56. The zero-order valence-corrected chi connectivity index (χ0v) is 17.6. The summed E-state index contributed by atoms with van der Waals surface area (Å²) >= 11 is 0. The lowest BCUT2D eigenvalue weighted by Gasteiger charge is -2.39. The first-order valence-corrected chi connectivity index (χ1v) is 9.19. The van der Waals surface area contributed by atoms with Crippen molar-refractivity contribution in [3.8, 4) is 28.7 Å². The number of nitrogens with one attached hydrogen (secondary N) is 1. The summed E-state index contributed by atoms with van der Waals surface area (Å²) in [5.41, 5.74) is 3.29. The lowest BCUT2D eigenvalue weighted by Crippen LogP contribution is -2.47. The van der Waals surface area contributed by atoms with E-state index in [1.165, 1.54) is 5.56 Å². The van der Waals surface area contributed by atoms with Crippen LogP contribution in [-0.4, -0.2) is 41.1 Å². The second-order valence-electron chi connectivity index (χ2n) is 7.50. The molecule has 3 rings (SSSR count). The maximum atomic E-state index is 5.55. The lowest BCUT2D eigenvalue weighted by atomic mass is 9.81. The third-order valence-corrected chi connectivity index (χ3v) is 5.14. The average molecular weight is 387 g/mol. The van der Waals surface area contributed by atoms with Gasteiger partial charge in [-0.05, 0) is 61.2 Å². The molecule has 6 heteroatoms. The van der Waals surface area contributed by atoms with Crippen molar-refractivity contribution >= 4 is 0 Å². The number of methoxy groups -OCH3 is 5. The molecule has 0 aromatic heterocycles. The SMILES string of the molecule is COc1cc2c(cc1OC)C(c1cc(OC)c(OC)c(OC)c1)NC(C)(C)C2. The van der Waals surface area contributed by atoms with E-state index in [0.717, 1.165) is 23.3 Å². The summed E-state index contributed by atoms with van der Waals surface area (Å²) < 4.78 is 27.6. The Labute approximate surface area is 166 Å². The molecule has 0 saturated carbocycles. The second-order valence-corrected chi connectivity index (χ2v) is 7.50. The molecule has 1 aliphatic rings. The quantitative estimate of drug-likeness (QED) is 0.815. The van der Waals surface area contributed by atoms with Gasteiger partial charge < -0.3 is 29.0 Å². The van der Waals surface area contributed by atoms with Gasteiger partial charge in [-0.3, -0.25) is 0 Å². The molecular formula is C22H29NO5. The fraction of sp³-hybridized carbons (Fsp3) is 0.455. The van der Waals surface area contributed by atoms with Crippen LogP contribution in [0.5, 0.6) is 28.7 Å². The van der Waals surface area contributed by atoms with Crippen molar-refractivity contribution in [1.82, 2.24) is 5.32 Å².